The average Bonchev–Trinajstić information content (AvgIpc) is 3.27. The number of anilines is 2. The second-order valence-electron chi connectivity index (χ2n) is 14.7. The Hall–Kier alpha value is -6.84. The molecule has 0 aromatic heterocycles. The summed E-state index contributed by atoms with van der Waals surface area (Å²) < 4.78 is 0. The molecular formula is C46H38N6O8. The van der Waals surface area contributed by atoms with E-state index in [1.807, 2.05) is 34.1 Å². The number of aliphatic hydroxyl groups excluding tert-OH is 4. The second kappa shape index (κ2) is 15.7. The van der Waals surface area contributed by atoms with Gasteiger partial charge in [0.2, 0.25) is 0 Å². The number of carbonyl (C=O) groups is 4. The normalized spacial score (nSPS) is 14.7. The van der Waals surface area contributed by atoms with Gasteiger partial charge in [-0.1, -0.05) is 48.5 Å². The maximum absolute atomic E-state index is 14.0. The van der Waals surface area contributed by atoms with Gasteiger partial charge in [0.1, 0.15) is 0 Å². The predicted octanol–water partition coefficient (Wildman–Crippen LogP) is 6.38. The molecule has 0 amide bonds. The smallest absolute Gasteiger partial charge is 0.197 e. The van der Waals surface area contributed by atoms with Gasteiger partial charge in [-0.2, -0.15) is 20.5 Å². The van der Waals surface area contributed by atoms with Gasteiger partial charge in [0.25, 0.3) is 0 Å². The number of benzene rings is 7. The zero-order chi connectivity index (χ0) is 41.7. The van der Waals surface area contributed by atoms with Gasteiger partial charge in [-0.25, -0.2) is 0 Å². The van der Waals surface area contributed by atoms with Gasteiger partial charge in [0, 0.05) is 70.6 Å². The molecule has 0 spiro atoms. The molecule has 14 heteroatoms. The molecule has 0 bridgehead atoms. The van der Waals surface area contributed by atoms with Crippen LogP contribution in [0.2, 0.25) is 0 Å². The zero-order valence-corrected chi connectivity index (χ0v) is 32.2. The highest BCUT2D eigenvalue weighted by Gasteiger charge is 2.39. The third-order valence-corrected chi connectivity index (χ3v) is 11.4. The SMILES string of the molecule is O=C1c2ccc3c4ccc5c6c(ccc(c7ccc(c2c37)C(=O)C1N=Nc1ccc(N(CCO)CCO)cc1)c64)C(=O)C(N=Nc1ccc(N(CCO)CCO)cc1)C5=O. The Bertz CT molecular complexity index is 2600. The largest absolute Gasteiger partial charge is 0.395 e. The zero-order valence-electron chi connectivity index (χ0n) is 32.2. The molecule has 7 aromatic carbocycles. The van der Waals surface area contributed by atoms with Crippen LogP contribution in [0, 0.1) is 0 Å². The molecule has 0 aliphatic heterocycles. The Morgan fingerprint density at radius 2 is 0.667 bits per heavy atom. The fourth-order valence-corrected chi connectivity index (χ4v) is 8.68. The van der Waals surface area contributed by atoms with Gasteiger partial charge >= 0.3 is 0 Å². The minimum Gasteiger partial charge on any atom is -0.395 e. The van der Waals surface area contributed by atoms with Crippen LogP contribution in [-0.2, 0) is 0 Å². The quantitative estimate of drug-likeness (QED) is 0.0413. The molecule has 9 rings (SSSR count). The lowest BCUT2D eigenvalue weighted by molar-refractivity contribution is 0.0841. The van der Waals surface area contributed by atoms with Gasteiger partial charge in [-0.3, -0.25) is 19.2 Å². The number of nitrogens with zero attached hydrogens (tertiary/aromatic N) is 6. The van der Waals surface area contributed by atoms with E-state index in [4.69, 9.17) is 0 Å². The first-order valence-electron chi connectivity index (χ1n) is 19.6. The van der Waals surface area contributed by atoms with Gasteiger partial charge in [0.15, 0.2) is 35.2 Å². The number of carbonyl (C=O) groups excluding carboxylic acids is 4. The van der Waals surface area contributed by atoms with E-state index in [9.17, 15) is 39.6 Å². The molecule has 2 aliphatic rings. The Labute approximate surface area is 342 Å². The van der Waals surface area contributed by atoms with Crippen LogP contribution < -0.4 is 9.80 Å². The highest BCUT2D eigenvalue weighted by atomic mass is 16.3. The third kappa shape index (κ3) is 6.28. The molecule has 7 aromatic rings. The topological polar surface area (TPSA) is 205 Å². The lowest BCUT2D eigenvalue weighted by atomic mass is 9.77. The molecule has 0 radical (unpaired) electrons. The van der Waals surface area contributed by atoms with Crippen LogP contribution in [0.3, 0.4) is 0 Å². The molecule has 0 saturated heterocycles. The molecule has 300 valence electrons. The molecule has 2 aliphatic carbocycles. The Balaban J connectivity index is 1.05. The van der Waals surface area contributed by atoms with Gasteiger partial charge in [0.05, 0.1) is 37.8 Å². The van der Waals surface area contributed by atoms with Crippen molar-refractivity contribution in [3.8, 4) is 0 Å². The summed E-state index contributed by atoms with van der Waals surface area (Å²) >= 11 is 0. The van der Waals surface area contributed by atoms with Crippen LogP contribution in [0.25, 0.3) is 43.1 Å². The highest BCUT2D eigenvalue weighted by molar-refractivity contribution is 6.43. The number of rotatable bonds is 14. The van der Waals surface area contributed by atoms with E-state index in [2.05, 4.69) is 20.5 Å². The van der Waals surface area contributed by atoms with Crippen molar-refractivity contribution in [3.05, 3.63) is 119 Å². The van der Waals surface area contributed by atoms with E-state index < -0.39 is 35.2 Å². The van der Waals surface area contributed by atoms with Crippen LogP contribution >= 0.6 is 0 Å². The number of Topliss-reactive ketones (excluding diaryl/α,β-unsaturated/α-hetero) is 4. The van der Waals surface area contributed by atoms with Crippen LogP contribution in [0.5, 0.6) is 0 Å². The third-order valence-electron chi connectivity index (χ3n) is 11.4. The molecular weight excluding hydrogens is 765 g/mol. The summed E-state index contributed by atoms with van der Waals surface area (Å²) in [6.07, 6.45) is 0. The number of hydrogen-bond donors (Lipinski definition) is 4. The van der Waals surface area contributed by atoms with Crippen molar-refractivity contribution in [1.29, 1.82) is 0 Å². The van der Waals surface area contributed by atoms with Crippen molar-refractivity contribution in [2.75, 3.05) is 62.4 Å². The van der Waals surface area contributed by atoms with E-state index in [1.165, 1.54) is 0 Å². The van der Waals surface area contributed by atoms with E-state index in [1.54, 1.807) is 72.8 Å². The molecule has 4 N–H and O–H groups in total. The Kier molecular flexibility index (Phi) is 10.1. The van der Waals surface area contributed by atoms with Crippen LogP contribution in [0.4, 0.5) is 22.7 Å². The first-order valence-corrected chi connectivity index (χ1v) is 19.6. The summed E-state index contributed by atoms with van der Waals surface area (Å²) in [6.45, 7) is 1.06. The minimum absolute atomic E-state index is 0.0780. The van der Waals surface area contributed by atoms with Crippen molar-refractivity contribution in [2.24, 2.45) is 20.5 Å². The van der Waals surface area contributed by atoms with Crippen LogP contribution in [0.15, 0.2) is 118 Å². The maximum Gasteiger partial charge on any atom is 0.197 e. The van der Waals surface area contributed by atoms with E-state index in [0.29, 0.717) is 70.6 Å². The Morgan fingerprint density at radius 1 is 0.383 bits per heavy atom. The molecule has 0 unspecified atom stereocenters. The number of hydrogen-bond acceptors (Lipinski definition) is 14. The van der Waals surface area contributed by atoms with Crippen LogP contribution in [0.1, 0.15) is 41.4 Å². The molecule has 0 atom stereocenters. The molecule has 0 fully saturated rings. The average molecular weight is 803 g/mol. The van der Waals surface area contributed by atoms with Crippen molar-refractivity contribution < 1.29 is 39.6 Å². The second-order valence-corrected chi connectivity index (χ2v) is 14.7. The first-order chi connectivity index (χ1) is 29.3. The molecule has 14 nitrogen and oxygen atoms in total. The number of fused-ring (bicyclic) bond motifs is 2. The summed E-state index contributed by atoms with van der Waals surface area (Å²) in [4.78, 5) is 59.7. The van der Waals surface area contributed by atoms with Gasteiger partial charge in [-0.05, 0) is 80.8 Å². The summed E-state index contributed by atoms with van der Waals surface area (Å²) in [5, 5.41) is 60.1. The summed E-state index contributed by atoms with van der Waals surface area (Å²) in [5.41, 5.74) is 3.79. The van der Waals surface area contributed by atoms with Crippen molar-refractivity contribution >= 4 is 89.0 Å². The van der Waals surface area contributed by atoms with E-state index in [-0.39, 0.29) is 26.4 Å². The highest BCUT2D eigenvalue weighted by Crippen LogP contribution is 2.46. The lowest BCUT2D eigenvalue weighted by Crippen LogP contribution is -2.33. The fraction of sp³-hybridized carbons (Fsp3) is 0.217. The maximum atomic E-state index is 14.0. The van der Waals surface area contributed by atoms with E-state index >= 15 is 0 Å². The Morgan fingerprint density at radius 3 is 0.933 bits per heavy atom. The number of azo groups is 2. The minimum atomic E-state index is -1.38. The van der Waals surface area contributed by atoms with Crippen molar-refractivity contribution in [2.45, 2.75) is 12.1 Å². The molecule has 0 heterocycles. The summed E-state index contributed by atoms with van der Waals surface area (Å²) in [5.74, 6) is -1.88. The standard InChI is InChI=1S/C46H38N6O8/c53-21-17-51(18-22-54)27-5-1-25(2-6-27)47-49-41-43(57)33-13-9-29-31-11-15-35-40-36(16-12-32(38(31)40)30-10-14-34(44(41)58)39(33)37(29)30)46(60)42(45(35)59)50-48-26-3-7-28(8-4-26)52(19-23-55)20-24-56/h1-16,41-42,53-56H,17-24H2. The number of ketones is 4. The van der Waals surface area contributed by atoms with Crippen LogP contribution in [-0.4, -0.2) is 108 Å². The monoisotopic (exact) mass is 802 g/mol. The predicted molar refractivity (Wildman–Crippen MR) is 227 cm³/mol. The first kappa shape index (κ1) is 38.7. The summed E-state index contributed by atoms with van der Waals surface area (Å²) in [6, 6.07) is 25.2. The van der Waals surface area contributed by atoms with Crippen molar-refractivity contribution in [3.63, 3.8) is 0 Å². The molecule has 0 saturated carbocycles. The fourth-order valence-electron chi connectivity index (χ4n) is 8.68. The number of aliphatic hydroxyl groups is 4. The van der Waals surface area contributed by atoms with E-state index in [0.717, 1.165) is 43.7 Å². The lowest BCUT2D eigenvalue weighted by Gasteiger charge is -2.25. The van der Waals surface area contributed by atoms with Crippen molar-refractivity contribution in [1.82, 2.24) is 0 Å². The van der Waals surface area contributed by atoms with Gasteiger partial charge in [-0.15, -0.1) is 0 Å². The summed E-state index contributed by atoms with van der Waals surface area (Å²) in [7, 11) is 0. The van der Waals surface area contributed by atoms with Gasteiger partial charge < -0.3 is 30.2 Å². The molecule has 60 heavy (non-hydrogen) atoms.